The minimum Gasteiger partial charge on any atom is -0.366 e. The number of carbonyl (C=O) groups excluding carboxylic acids is 2. The maximum Gasteiger partial charge on any atom is 0.248 e. The van der Waals surface area contributed by atoms with Crippen LogP contribution in [0.25, 0.3) is 0 Å². The van der Waals surface area contributed by atoms with Gasteiger partial charge >= 0.3 is 0 Å². The normalized spacial score (nSPS) is 15.0. The van der Waals surface area contributed by atoms with Crippen molar-refractivity contribution in [1.29, 1.82) is 0 Å². The van der Waals surface area contributed by atoms with E-state index in [1.807, 2.05) is 18.2 Å². The molecule has 1 aromatic rings. The monoisotopic (exact) mass is 306 g/mol. The van der Waals surface area contributed by atoms with Crippen LogP contribution in [0.1, 0.15) is 48.0 Å². The van der Waals surface area contributed by atoms with Gasteiger partial charge in [0.15, 0.2) is 0 Å². The number of primary amides is 1. The fraction of sp³-hybridized carbons (Fsp3) is 0.500. The van der Waals surface area contributed by atoms with E-state index in [1.54, 1.807) is 17.8 Å². The molecule has 1 aliphatic rings. The molecule has 0 bridgehead atoms. The van der Waals surface area contributed by atoms with Gasteiger partial charge in [0.1, 0.15) is 0 Å². The van der Waals surface area contributed by atoms with Crippen molar-refractivity contribution in [1.82, 2.24) is 5.32 Å². The molecule has 0 saturated heterocycles. The third-order valence-corrected chi connectivity index (χ3v) is 4.70. The molecule has 0 unspecified atom stereocenters. The number of nitrogens with one attached hydrogen (secondary N) is 1. The van der Waals surface area contributed by atoms with Gasteiger partial charge in [-0.25, -0.2) is 0 Å². The summed E-state index contributed by atoms with van der Waals surface area (Å²) in [6.07, 6.45) is 5.26. The smallest absolute Gasteiger partial charge is 0.248 e. The Morgan fingerprint density at radius 1 is 1.29 bits per heavy atom. The molecule has 0 radical (unpaired) electrons. The first-order valence-corrected chi connectivity index (χ1v) is 8.56. The average Bonchev–Trinajstić information content (AvgIpc) is 2.97. The molecule has 1 aliphatic carbocycles. The van der Waals surface area contributed by atoms with Crippen molar-refractivity contribution in [3.63, 3.8) is 0 Å². The molecule has 1 saturated carbocycles. The van der Waals surface area contributed by atoms with Crippen LogP contribution in [-0.2, 0) is 10.5 Å². The highest BCUT2D eigenvalue weighted by Gasteiger charge is 2.16. The lowest BCUT2D eigenvalue weighted by atomic mass is 10.1. The van der Waals surface area contributed by atoms with E-state index in [4.69, 9.17) is 5.73 Å². The van der Waals surface area contributed by atoms with Gasteiger partial charge in [-0.1, -0.05) is 25.0 Å². The van der Waals surface area contributed by atoms with Crippen LogP contribution in [0.15, 0.2) is 24.3 Å². The van der Waals surface area contributed by atoms with Crippen LogP contribution in [0.3, 0.4) is 0 Å². The van der Waals surface area contributed by atoms with E-state index < -0.39 is 5.91 Å². The summed E-state index contributed by atoms with van der Waals surface area (Å²) in [7, 11) is 0. The first-order chi connectivity index (χ1) is 10.1. The quantitative estimate of drug-likeness (QED) is 0.760. The van der Waals surface area contributed by atoms with Crippen molar-refractivity contribution < 1.29 is 9.59 Å². The Balaban J connectivity index is 1.66. The molecule has 0 aromatic heterocycles. The van der Waals surface area contributed by atoms with Gasteiger partial charge < -0.3 is 11.1 Å². The SMILES string of the molecule is NC(=O)c1cccc(CSCCC(=O)NC2CCCC2)c1. The van der Waals surface area contributed by atoms with Gasteiger partial charge in [-0.15, -0.1) is 0 Å². The number of benzene rings is 1. The van der Waals surface area contributed by atoms with E-state index in [0.717, 1.165) is 29.9 Å². The molecule has 4 nitrogen and oxygen atoms in total. The molecule has 1 fully saturated rings. The lowest BCUT2D eigenvalue weighted by Crippen LogP contribution is -2.32. The third-order valence-electron chi connectivity index (χ3n) is 3.67. The maximum atomic E-state index is 11.8. The number of carbonyl (C=O) groups is 2. The largest absolute Gasteiger partial charge is 0.366 e. The summed E-state index contributed by atoms with van der Waals surface area (Å²) in [5, 5.41) is 3.09. The number of thioether (sulfide) groups is 1. The van der Waals surface area contributed by atoms with Gasteiger partial charge in [-0.2, -0.15) is 11.8 Å². The average molecular weight is 306 g/mol. The van der Waals surface area contributed by atoms with Gasteiger partial charge in [0.05, 0.1) is 0 Å². The first-order valence-electron chi connectivity index (χ1n) is 7.41. The third kappa shape index (κ3) is 5.42. The lowest BCUT2D eigenvalue weighted by molar-refractivity contribution is -0.121. The van der Waals surface area contributed by atoms with Crippen LogP contribution in [0.2, 0.25) is 0 Å². The molecule has 2 rings (SSSR count). The molecule has 0 atom stereocenters. The second-order valence-corrected chi connectivity index (χ2v) is 6.52. The van der Waals surface area contributed by atoms with Gasteiger partial charge in [-0.05, 0) is 30.5 Å². The predicted octanol–water partition coefficient (Wildman–Crippen LogP) is 2.47. The van der Waals surface area contributed by atoms with Gasteiger partial charge in [0.2, 0.25) is 11.8 Å². The zero-order chi connectivity index (χ0) is 15.1. The first kappa shape index (κ1) is 15.9. The fourth-order valence-corrected chi connectivity index (χ4v) is 3.43. The Morgan fingerprint density at radius 2 is 2.05 bits per heavy atom. The van der Waals surface area contributed by atoms with E-state index in [0.29, 0.717) is 18.0 Å². The number of hydrogen-bond donors (Lipinski definition) is 2. The molecular formula is C16H22N2O2S. The summed E-state index contributed by atoms with van der Waals surface area (Å²) in [6, 6.07) is 7.73. The molecule has 0 spiro atoms. The van der Waals surface area contributed by atoms with E-state index in [-0.39, 0.29) is 5.91 Å². The zero-order valence-corrected chi connectivity index (χ0v) is 13.0. The summed E-state index contributed by atoms with van der Waals surface area (Å²) in [6.45, 7) is 0. The highest BCUT2D eigenvalue weighted by Crippen LogP contribution is 2.18. The predicted molar refractivity (Wildman–Crippen MR) is 86.1 cm³/mol. The van der Waals surface area contributed by atoms with E-state index in [9.17, 15) is 9.59 Å². The van der Waals surface area contributed by atoms with Gasteiger partial charge in [-0.3, -0.25) is 9.59 Å². The molecule has 0 heterocycles. The number of nitrogens with two attached hydrogens (primary N) is 1. The lowest BCUT2D eigenvalue weighted by Gasteiger charge is -2.11. The molecule has 1 aromatic carbocycles. The second-order valence-electron chi connectivity index (χ2n) is 5.42. The van der Waals surface area contributed by atoms with Crippen molar-refractivity contribution in [2.45, 2.75) is 43.9 Å². The Kier molecular flexibility index (Phi) is 6.11. The van der Waals surface area contributed by atoms with Crippen LogP contribution in [0, 0.1) is 0 Å². The topological polar surface area (TPSA) is 72.2 Å². The molecule has 3 N–H and O–H groups in total. The standard InChI is InChI=1S/C16H22N2O2S/c17-16(20)13-5-3-4-12(10-13)11-21-9-8-15(19)18-14-6-1-2-7-14/h3-5,10,14H,1-2,6-9,11H2,(H2,17,20)(H,18,19). The van der Waals surface area contributed by atoms with E-state index in [1.165, 1.54) is 12.8 Å². The fourth-order valence-electron chi connectivity index (χ4n) is 2.54. The maximum absolute atomic E-state index is 11.8. The van der Waals surface area contributed by atoms with Crippen molar-refractivity contribution in [2.75, 3.05) is 5.75 Å². The summed E-state index contributed by atoms with van der Waals surface area (Å²) >= 11 is 1.70. The second kappa shape index (κ2) is 8.08. The summed E-state index contributed by atoms with van der Waals surface area (Å²) in [4.78, 5) is 22.9. The highest BCUT2D eigenvalue weighted by molar-refractivity contribution is 7.98. The molecule has 5 heteroatoms. The van der Waals surface area contributed by atoms with E-state index >= 15 is 0 Å². The summed E-state index contributed by atoms with van der Waals surface area (Å²) in [5.74, 6) is 1.33. The molecule has 21 heavy (non-hydrogen) atoms. The van der Waals surface area contributed by atoms with Crippen LogP contribution in [0.4, 0.5) is 0 Å². The summed E-state index contributed by atoms with van der Waals surface area (Å²) in [5.41, 5.74) is 6.85. The van der Waals surface area contributed by atoms with Crippen LogP contribution in [0.5, 0.6) is 0 Å². The number of rotatable bonds is 7. The molecule has 0 aliphatic heterocycles. The number of hydrogen-bond acceptors (Lipinski definition) is 3. The molecule has 2 amide bonds. The van der Waals surface area contributed by atoms with Gasteiger partial charge in [0.25, 0.3) is 0 Å². The number of amides is 2. The summed E-state index contributed by atoms with van der Waals surface area (Å²) < 4.78 is 0. The van der Waals surface area contributed by atoms with Crippen molar-refractivity contribution in [3.8, 4) is 0 Å². The Morgan fingerprint density at radius 3 is 2.76 bits per heavy atom. The van der Waals surface area contributed by atoms with Crippen molar-refractivity contribution >= 4 is 23.6 Å². The Labute approximate surface area is 129 Å². The van der Waals surface area contributed by atoms with Crippen molar-refractivity contribution in [2.24, 2.45) is 5.73 Å². The van der Waals surface area contributed by atoms with Gasteiger partial charge in [0, 0.05) is 29.5 Å². The minimum atomic E-state index is -0.405. The van der Waals surface area contributed by atoms with Crippen molar-refractivity contribution in [3.05, 3.63) is 35.4 Å². The highest BCUT2D eigenvalue weighted by atomic mass is 32.2. The van der Waals surface area contributed by atoms with Crippen LogP contribution >= 0.6 is 11.8 Å². The minimum absolute atomic E-state index is 0.153. The van der Waals surface area contributed by atoms with E-state index in [2.05, 4.69) is 5.32 Å². The van der Waals surface area contributed by atoms with Crippen LogP contribution in [-0.4, -0.2) is 23.6 Å². The van der Waals surface area contributed by atoms with Crippen LogP contribution < -0.4 is 11.1 Å². The molecule has 114 valence electrons. The Hall–Kier alpha value is -1.49. The molecular weight excluding hydrogens is 284 g/mol. The Bertz CT molecular complexity index is 499. The zero-order valence-electron chi connectivity index (χ0n) is 12.1.